The molecule has 4 heteroatoms. The summed E-state index contributed by atoms with van der Waals surface area (Å²) in [4.78, 5) is 13.6. The van der Waals surface area contributed by atoms with Crippen molar-refractivity contribution in [3.8, 4) is 0 Å². The van der Waals surface area contributed by atoms with Crippen LogP contribution in [0.15, 0.2) is 11.6 Å². The van der Waals surface area contributed by atoms with Crippen LogP contribution in [0.2, 0.25) is 0 Å². The standard InChI is InChI=1S/C10H15NO3.CH4/c1-11-7-4-6(10(12)14-3)5-8(13-2)9(7)11;/h5,7-9H,4H2,1-3H3;1H4. The van der Waals surface area contributed by atoms with Gasteiger partial charge in [-0.3, -0.25) is 4.90 Å². The molecule has 0 aromatic carbocycles. The fourth-order valence-electron chi connectivity index (χ4n) is 2.23. The van der Waals surface area contributed by atoms with E-state index in [-0.39, 0.29) is 19.5 Å². The number of methoxy groups -OCH3 is 2. The third kappa shape index (κ3) is 1.92. The Balaban J connectivity index is 0.00000112. The van der Waals surface area contributed by atoms with Crippen LogP contribution in [0.1, 0.15) is 13.8 Å². The van der Waals surface area contributed by atoms with Gasteiger partial charge in [-0.25, -0.2) is 4.79 Å². The minimum absolute atomic E-state index is 0. The van der Waals surface area contributed by atoms with E-state index < -0.39 is 0 Å². The highest BCUT2D eigenvalue weighted by Gasteiger charge is 2.52. The summed E-state index contributed by atoms with van der Waals surface area (Å²) in [6, 6.07) is 0.910. The first-order valence-electron chi connectivity index (χ1n) is 4.72. The predicted molar refractivity (Wildman–Crippen MR) is 57.6 cm³/mol. The van der Waals surface area contributed by atoms with Crippen molar-refractivity contribution >= 4 is 5.97 Å². The molecule has 0 aromatic rings. The summed E-state index contributed by atoms with van der Waals surface area (Å²) in [7, 11) is 5.13. The summed E-state index contributed by atoms with van der Waals surface area (Å²) in [6.07, 6.45) is 2.71. The number of rotatable bonds is 2. The largest absolute Gasteiger partial charge is 0.466 e. The van der Waals surface area contributed by atoms with Crippen molar-refractivity contribution in [3.05, 3.63) is 11.6 Å². The third-order valence-electron chi connectivity index (χ3n) is 3.15. The maximum absolute atomic E-state index is 11.3. The molecule has 0 N–H and O–H groups in total. The molecule has 1 saturated heterocycles. The number of hydrogen-bond donors (Lipinski definition) is 0. The molecular weight excluding hydrogens is 194 g/mol. The van der Waals surface area contributed by atoms with Crippen molar-refractivity contribution in [2.45, 2.75) is 32.0 Å². The Labute approximate surface area is 90.8 Å². The Hall–Kier alpha value is -0.870. The number of fused-ring (bicyclic) bond motifs is 1. The molecule has 86 valence electrons. The molecule has 2 rings (SSSR count). The third-order valence-corrected chi connectivity index (χ3v) is 3.15. The number of nitrogens with zero attached hydrogens (tertiary/aromatic N) is 1. The van der Waals surface area contributed by atoms with Crippen molar-refractivity contribution in [1.29, 1.82) is 0 Å². The molecule has 4 atom stereocenters. The topological polar surface area (TPSA) is 38.5 Å². The van der Waals surface area contributed by atoms with E-state index in [1.54, 1.807) is 7.11 Å². The molecule has 0 saturated carbocycles. The van der Waals surface area contributed by atoms with Gasteiger partial charge in [0.15, 0.2) is 0 Å². The first-order chi connectivity index (χ1) is 6.69. The van der Waals surface area contributed by atoms with Crippen molar-refractivity contribution < 1.29 is 14.3 Å². The van der Waals surface area contributed by atoms with Crippen LogP contribution in [0.5, 0.6) is 0 Å². The van der Waals surface area contributed by atoms with Gasteiger partial charge in [0.2, 0.25) is 0 Å². The first-order valence-corrected chi connectivity index (χ1v) is 4.72. The molecule has 1 fully saturated rings. The van der Waals surface area contributed by atoms with Crippen molar-refractivity contribution in [1.82, 2.24) is 4.90 Å². The van der Waals surface area contributed by atoms with Crippen molar-refractivity contribution in [2.24, 2.45) is 0 Å². The Morgan fingerprint density at radius 2 is 2.20 bits per heavy atom. The zero-order valence-electron chi connectivity index (χ0n) is 8.69. The molecule has 1 aliphatic heterocycles. The molecule has 0 aromatic heterocycles. The van der Waals surface area contributed by atoms with Gasteiger partial charge in [-0.2, -0.15) is 0 Å². The predicted octanol–water partition coefficient (Wildman–Crippen LogP) is 0.823. The molecule has 15 heavy (non-hydrogen) atoms. The average molecular weight is 213 g/mol. The van der Waals surface area contributed by atoms with Gasteiger partial charge >= 0.3 is 5.97 Å². The Kier molecular flexibility index (Phi) is 3.52. The van der Waals surface area contributed by atoms with Crippen LogP contribution in [-0.2, 0) is 14.3 Å². The van der Waals surface area contributed by atoms with Gasteiger partial charge in [-0.1, -0.05) is 7.43 Å². The molecule has 0 spiro atoms. The SMILES string of the molecule is C.COC(=O)C1=CC(OC)C2C(C1)N2C. The number of carbonyl (C=O) groups is 1. The number of likely N-dealkylation sites (N-methyl/N-ethyl adjacent to an activating group) is 1. The molecule has 0 radical (unpaired) electrons. The second-order valence-corrected chi connectivity index (χ2v) is 3.81. The summed E-state index contributed by atoms with van der Waals surface area (Å²) in [5.41, 5.74) is 0.741. The van der Waals surface area contributed by atoms with Crippen LogP contribution in [0.3, 0.4) is 0 Å². The number of esters is 1. The van der Waals surface area contributed by atoms with E-state index in [4.69, 9.17) is 9.47 Å². The van der Waals surface area contributed by atoms with Crippen LogP contribution in [0, 0.1) is 0 Å². The molecule has 0 amide bonds. The lowest BCUT2D eigenvalue weighted by atomic mass is 9.97. The maximum Gasteiger partial charge on any atom is 0.333 e. The molecule has 2 aliphatic rings. The quantitative estimate of drug-likeness (QED) is 0.503. The summed E-state index contributed by atoms with van der Waals surface area (Å²) < 4.78 is 10.0. The Bertz CT molecular complexity index is 288. The van der Waals surface area contributed by atoms with Gasteiger partial charge in [-0.05, 0) is 19.5 Å². The summed E-state index contributed by atoms with van der Waals surface area (Å²) >= 11 is 0. The number of carbonyl (C=O) groups excluding carboxylic acids is 1. The van der Waals surface area contributed by atoms with Gasteiger partial charge in [0.05, 0.1) is 19.3 Å². The molecule has 4 nitrogen and oxygen atoms in total. The van der Waals surface area contributed by atoms with Crippen LogP contribution < -0.4 is 0 Å². The normalized spacial score (nSPS) is 37.1. The zero-order chi connectivity index (χ0) is 10.3. The summed E-state index contributed by atoms with van der Waals surface area (Å²) in [5, 5.41) is 0. The van der Waals surface area contributed by atoms with Gasteiger partial charge < -0.3 is 9.47 Å². The van der Waals surface area contributed by atoms with E-state index >= 15 is 0 Å². The van der Waals surface area contributed by atoms with Crippen LogP contribution >= 0.6 is 0 Å². The highest BCUT2D eigenvalue weighted by atomic mass is 16.5. The van der Waals surface area contributed by atoms with Crippen LogP contribution in [0.4, 0.5) is 0 Å². The Morgan fingerprint density at radius 3 is 2.73 bits per heavy atom. The van der Waals surface area contributed by atoms with E-state index in [0.717, 1.165) is 12.0 Å². The Morgan fingerprint density at radius 1 is 1.53 bits per heavy atom. The highest BCUT2D eigenvalue weighted by molar-refractivity contribution is 5.89. The van der Waals surface area contributed by atoms with Crippen molar-refractivity contribution in [2.75, 3.05) is 21.3 Å². The maximum atomic E-state index is 11.3. The lowest BCUT2D eigenvalue weighted by molar-refractivity contribution is -0.136. The second-order valence-electron chi connectivity index (χ2n) is 3.81. The minimum Gasteiger partial charge on any atom is -0.466 e. The number of hydrogen-bond acceptors (Lipinski definition) is 4. The van der Waals surface area contributed by atoms with Gasteiger partial charge in [0.1, 0.15) is 0 Å². The first kappa shape index (κ1) is 12.2. The fraction of sp³-hybridized carbons (Fsp3) is 0.727. The van der Waals surface area contributed by atoms with E-state index in [1.165, 1.54) is 7.11 Å². The van der Waals surface area contributed by atoms with Crippen LogP contribution in [0.25, 0.3) is 0 Å². The van der Waals surface area contributed by atoms with E-state index in [1.807, 2.05) is 6.08 Å². The van der Waals surface area contributed by atoms with Crippen molar-refractivity contribution in [3.63, 3.8) is 0 Å². The van der Waals surface area contributed by atoms with Gasteiger partial charge in [-0.15, -0.1) is 0 Å². The fourth-order valence-corrected chi connectivity index (χ4v) is 2.23. The highest BCUT2D eigenvalue weighted by Crippen LogP contribution is 2.39. The lowest BCUT2D eigenvalue weighted by Crippen LogP contribution is -2.25. The summed E-state index contributed by atoms with van der Waals surface area (Å²) in [5.74, 6) is -0.231. The molecule has 1 aliphatic carbocycles. The average Bonchev–Trinajstić information content (AvgIpc) is 2.87. The molecule has 1 heterocycles. The monoisotopic (exact) mass is 213 g/mol. The molecular formula is C11H19NO3. The van der Waals surface area contributed by atoms with Crippen LogP contribution in [-0.4, -0.2) is 50.3 Å². The zero-order valence-corrected chi connectivity index (χ0v) is 8.69. The van der Waals surface area contributed by atoms with Gasteiger partial charge in [0, 0.05) is 18.7 Å². The lowest BCUT2D eigenvalue weighted by Gasteiger charge is -2.16. The van der Waals surface area contributed by atoms with E-state index in [2.05, 4.69) is 11.9 Å². The second kappa shape index (κ2) is 4.33. The van der Waals surface area contributed by atoms with Gasteiger partial charge in [0.25, 0.3) is 0 Å². The smallest absolute Gasteiger partial charge is 0.333 e. The van der Waals surface area contributed by atoms with E-state index in [0.29, 0.717) is 12.1 Å². The minimum atomic E-state index is -0.231. The number of ether oxygens (including phenoxy) is 2. The van der Waals surface area contributed by atoms with E-state index in [9.17, 15) is 4.79 Å². The summed E-state index contributed by atoms with van der Waals surface area (Å²) in [6.45, 7) is 0. The molecule has 0 bridgehead atoms. The molecule has 4 unspecified atom stereocenters.